The minimum atomic E-state index is -4.22. The summed E-state index contributed by atoms with van der Waals surface area (Å²) in [5.41, 5.74) is 5.51. The highest BCUT2D eigenvalue weighted by molar-refractivity contribution is 5.98. The molecule has 2 amide bonds. The number of β-amino-alcohol motifs (C(OH)–C–C–N with tert-alkyl or cyclic N) is 1. The Kier molecular flexibility index (Phi) is 8.51. The second kappa shape index (κ2) is 11.5. The Hall–Kier alpha value is -3.18. The number of carbonyl (C=O) groups is 2. The molecule has 0 saturated carbocycles. The van der Waals surface area contributed by atoms with Gasteiger partial charge in [-0.15, -0.1) is 0 Å². The number of carbonyl (C=O) groups excluding carboxylic acids is 2. The standard InChI is InChI=1S/C28H35F3N4O4/c1-27(2,28(29,30)31)17-34-11-9-18(10-12-34)16-39-22-7-8-23(33-14-22)19-3-5-20(6-4-19)26(38)35-15-21(36)13-24(35)25(32)37/h3-8,14,18,21,24,36H,9-13,15-17H2,1-2H3,(H2,32,37). The van der Waals surface area contributed by atoms with Crippen LogP contribution in [0.1, 0.15) is 43.5 Å². The number of hydrogen-bond acceptors (Lipinski definition) is 6. The summed E-state index contributed by atoms with van der Waals surface area (Å²) in [6.45, 7) is 4.26. The first-order chi connectivity index (χ1) is 18.3. The second-order valence-corrected chi connectivity index (χ2v) is 11.1. The maximum atomic E-state index is 13.2. The first-order valence-electron chi connectivity index (χ1n) is 13.1. The van der Waals surface area contributed by atoms with Crippen molar-refractivity contribution in [3.05, 3.63) is 48.2 Å². The Morgan fingerprint density at radius 2 is 1.77 bits per heavy atom. The van der Waals surface area contributed by atoms with Gasteiger partial charge in [0.05, 0.1) is 30.0 Å². The molecule has 3 heterocycles. The summed E-state index contributed by atoms with van der Waals surface area (Å²) in [6, 6.07) is 9.62. The number of nitrogens with zero attached hydrogens (tertiary/aromatic N) is 3. The first-order valence-corrected chi connectivity index (χ1v) is 13.1. The van der Waals surface area contributed by atoms with E-state index in [0.717, 1.165) is 18.4 Å². The van der Waals surface area contributed by atoms with Gasteiger partial charge in [-0.05, 0) is 70.0 Å². The summed E-state index contributed by atoms with van der Waals surface area (Å²) in [7, 11) is 0. The van der Waals surface area contributed by atoms with Gasteiger partial charge in [-0.2, -0.15) is 13.2 Å². The van der Waals surface area contributed by atoms with Gasteiger partial charge >= 0.3 is 6.18 Å². The maximum absolute atomic E-state index is 13.2. The molecule has 2 aliphatic rings. The van der Waals surface area contributed by atoms with Crippen molar-refractivity contribution in [1.82, 2.24) is 14.8 Å². The Morgan fingerprint density at radius 1 is 1.10 bits per heavy atom. The van der Waals surface area contributed by atoms with Crippen LogP contribution in [-0.4, -0.2) is 82.8 Å². The van der Waals surface area contributed by atoms with Crippen LogP contribution in [0.3, 0.4) is 0 Å². The number of aliphatic hydroxyl groups excluding tert-OH is 1. The van der Waals surface area contributed by atoms with Gasteiger partial charge in [-0.3, -0.25) is 14.6 Å². The second-order valence-electron chi connectivity index (χ2n) is 11.1. The zero-order valence-electron chi connectivity index (χ0n) is 22.2. The van der Waals surface area contributed by atoms with Crippen LogP contribution in [0.2, 0.25) is 0 Å². The highest BCUT2D eigenvalue weighted by Gasteiger charge is 2.48. The van der Waals surface area contributed by atoms with E-state index >= 15 is 0 Å². The summed E-state index contributed by atoms with van der Waals surface area (Å²) in [5.74, 6) is -0.130. The molecule has 212 valence electrons. The highest BCUT2D eigenvalue weighted by atomic mass is 19.4. The summed E-state index contributed by atoms with van der Waals surface area (Å²) in [6.07, 6.45) is -1.68. The number of piperidine rings is 1. The topological polar surface area (TPSA) is 109 Å². The van der Waals surface area contributed by atoms with Crippen LogP contribution in [0.15, 0.2) is 42.6 Å². The molecule has 1 aromatic carbocycles. The number of amides is 2. The van der Waals surface area contributed by atoms with E-state index in [-0.39, 0.29) is 31.3 Å². The van der Waals surface area contributed by atoms with Gasteiger partial charge in [-0.25, -0.2) is 0 Å². The lowest BCUT2D eigenvalue weighted by atomic mass is 9.89. The normalized spacial score (nSPS) is 21.2. The van der Waals surface area contributed by atoms with E-state index < -0.39 is 29.6 Å². The quantitative estimate of drug-likeness (QED) is 0.523. The van der Waals surface area contributed by atoms with Crippen molar-refractivity contribution in [3.8, 4) is 17.0 Å². The Balaban J connectivity index is 1.27. The molecule has 2 aliphatic heterocycles. The molecule has 0 aliphatic carbocycles. The highest BCUT2D eigenvalue weighted by Crippen LogP contribution is 2.38. The fourth-order valence-corrected chi connectivity index (χ4v) is 5.07. The van der Waals surface area contributed by atoms with E-state index in [1.807, 2.05) is 17.0 Å². The summed E-state index contributed by atoms with van der Waals surface area (Å²) in [5, 5.41) is 9.86. The summed E-state index contributed by atoms with van der Waals surface area (Å²) >= 11 is 0. The van der Waals surface area contributed by atoms with Crippen molar-refractivity contribution in [2.45, 2.75) is 51.4 Å². The summed E-state index contributed by atoms with van der Waals surface area (Å²) < 4.78 is 45.4. The van der Waals surface area contributed by atoms with Crippen LogP contribution in [-0.2, 0) is 4.79 Å². The Morgan fingerprint density at radius 3 is 2.33 bits per heavy atom. The molecule has 8 nitrogen and oxygen atoms in total. The molecule has 2 unspecified atom stereocenters. The van der Waals surface area contributed by atoms with Crippen molar-refractivity contribution in [2.75, 3.05) is 32.8 Å². The largest absolute Gasteiger partial charge is 0.492 e. The van der Waals surface area contributed by atoms with Crippen molar-refractivity contribution in [2.24, 2.45) is 17.1 Å². The van der Waals surface area contributed by atoms with Crippen molar-refractivity contribution < 1.29 is 32.6 Å². The average molecular weight is 549 g/mol. The third kappa shape index (κ3) is 6.88. The lowest BCUT2D eigenvalue weighted by Gasteiger charge is -2.38. The number of likely N-dealkylation sites (tertiary alicyclic amines) is 2. The smallest absolute Gasteiger partial charge is 0.395 e. The number of aromatic nitrogens is 1. The van der Waals surface area contributed by atoms with Gasteiger partial charge in [0.25, 0.3) is 5.91 Å². The van der Waals surface area contributed by atoms with Crippen molar-refractivity contribution >= 4 is 11.8 Å². The van der Waals surface area contributed by atoms with Gasteiger partial charge in [0.2, 0.25) is 5.91 Å². The fourth-order valence-electron chi connectivity index (χ4n) is 5.07. The number of rotatable bonds is 8. The molecular formula is C28H35F3N4O4. The molecule has 39 heavy (non-hydrogen) atoms. The van der Waals surface area contributed by atoms with E-state index in [4.69, 9.17) is 10.5 Å². The van der Waals surface area contributed by atoms with Crippen LogP contribution >= 0.6 is 0 Å². The van der Waals surface area contributed by atoms with E-state index in [0.29, 0.717) is 36.7 Å². The fraction of sp³-hybridized carbons (Fsp3) is 0.536. The van der Waals surface area contributed by atoms with Gasteiger partial charge in [0.15, 0.2) is 0 Å². The van der Waals surface area contributed by atoms with E-state index in [1.54, 1.807) is 30.5 Å². The van der Waals surface area contributed by atoms with Crippen molar-refractivity contribution in [1.29, 1.82) is 0 Å². The predicted molar refractivity (Wildman–Crippen MR) is 139 cm³/mol. The number of benzene rings is 1. The number of nitrogens with two attached hydrogens (primary N) is 1. The van der Waals surface area contributed by atoms with E-state index in [1.165, 1.54) is 18.7 Å². The maximum Gasteiger partial charge on any atom is 0.395 e. The van der Waals surface area contributed by atoms with E-state index in [2.05, 4.69) is 4.98 Å². The monoisotopic (exact) mass is 548 g/mol. The molecule has 2 aromatic rings. The molecule has 0 bridgehead atoms. The predicted octanol–water partition coefficient (Wildman–Crippen LogP) is 3.49. The van der Waals surface area contributed by atoms with Gasteiger partial charge in [-0.1, -0.05) is 12.1 Å². The third-order valence-corrected chi connectivity index (χ3v) is 7.61. The lowest BCUT2D eigenvalue weighted by Crippen LogP contribution is -2.46. The Labute approximate surface area is 225 Å². The van der Waals surface area contributed by atoms with Gasteiger partial charge < -0.3 is 25.4 Å². The zero-order chi connectivity index (χ0) is 28.4. The first kappa shape index (κ1) is 28.8. The van der Waals surface area contributed by atoms with Crippen molar-refractivity contribution in [3.63, 3.8) is 0 Å². The molecule has 11 heteroatoms. The van der Waals surface area contributed by atoms with Crippen LogP contribution in [0, 0.1) is 11.3 Å². The third-order valence-electron chi connectivity index (χ3n) is 7.61. The zero-order valence-corrected chi connectivity index (χ0v) is 22.2. The molecule has 2 atom stereocenters. The SMILES string of the molecule is CC(C)(CN1CCC(COc2ccc(-c3ccc(C(=O)N4CC(O)CC4C(N)=O)cc3)nc2)CC1)C(F)(F)F. The van der Waals surface area contributed by atoms with Crippen LogP contribution < -0.4 is 10.5 Å². The van der Waals surface area contributed by atoms with Crippen LogP contribution in [0.25, 0.3) is 11.3 Å². The van der Waals surface area contributed by atoms with Gasteiger partial charge in [0, 0.05) is 30.6 Å². The average Bonchev–Trinajstić information content (AvgIpc) is 3.29. The number of primary amides is 1. The van der Waals surface area contributed by atoms with Gasteiger partial charge in [0.1, 0.15) is 11.8 Å². The lowest BCUT2D eigenvalue weighted by molar-refractivity contribution is -0.217. The number of ether oxygens (including phenoxy) is 1. The van der Waals surface area contributed by atoms with E-state index in [9.17, 15) is 27.9 Å². The Bertz CT molecular complexity index is 1150. The van der Waals surface area contributed by atoms with Crippen LogP contribution in [0.4, 0.5) is 13.2 Å². The number of alkyl halides is 3. The number of aliphatic hydroxyl groups is 1. The number of halogens is 3. The number of hydrogen-bond donors (Lipinski definition) is 2. The van der Waals surface area contributed by atoms with Crippen LogP contribution in [0.5, 0.6) is 5.75 Å². The molecular weight excluding hydrogens is 513 g/mol. The molecule has 3 N–H and O–H groups in total. The molecule has 0 radical (unpaired) electrons. The molecule has 0 spiro atoms. The molecule has 2 fully saturated rings. The minimum Gasteiger partial charge on any atom is -0.492 e. The number of pyridine rings is 1. The molecule has 2 saturated heterocycles. The minimum absolute atomic E-state index is 0.000125. The molecule has 1 aromatic heterocycles. The summed E-state index contributed by atoms with van der Waals surface area (Å²) in [4.78, 5) is 32.1. The molecule has 4 rings (SSSR count).